The highest BCUT2D eigenvalue weighted by Gasteiger charge is 2.61. The average molecular weight is 439 g/mol. The van der Waals surface area contributed by atoms with Gasteiger partial charge in [-0.05, 0) is 30.2 Å². The van der Waals surface area contributed by atoms with E-state index >= 15 is 0 Å². The molecular formula is C21H18ClF3N2O3. The topological polar surface area (TPSA) is 58.6 Å². The summed E-state index contributed by atoms with van der Waals surface area (Å²) in [5.41, 5.74) is 1.83. The van der Waals surface area contributed by atoms with Crippen LogP contribution in [0.4, 0.5) is 18.9 Å². The van der Waals surface area contributed by atoms with Crippen LogP contribution in [0.5, 0.6) is 11.5 Å². The number of nitrogens with one attached hydrogen (secondary N) is 1. The van der Waals surface area contributed by atoms with Crippen LogP contribution in [0.25, 0.3) is 0 Å². The molecule has 4 rings (SSSR count). The Morgan fingerprint density at radius 3 is 2.67 bits per heavy atom. The van der Waals surface area contributed by atoms with Crippen LogP contribution in [0.15, 0.2) is 30.3 Å². The van der Waals surface area contributed by atoms with E-state index < -0.39 is 41.9 Å². The second-order valence-electron chi connectivity index (χ2n) is 7.58. The Kier molecular flexibility index (Phi) is 4.92. The minimum atomic E-state index is -3.01. The Morgan fingerprint density at radius 1 is 1.30 bits per heavy atom. The fourth-order valence-electron chi connectivity index (χ4n) is 3.57. The minimum Gasteiger partial charge on any atom is -0.453 e. The Balaban J connectivity index is 1.64. The Morgan fingerprint density at radius 2 is 2.00 bits per heavy atom. The lowest BCUT2D eigenvalue weighted by Crippen LogP contribution is -2.52. The molecule has 1 saturated carbocycles. The molecule has 30 heavy (non-hydrogen) atoms. The van der Waals surface area contributed by atoms with Crippen LogP contribution in [0.3, 0.4) is 0 Å². The van der Waals surface area contributed by atoms with Crippen molar-refractivity contribution in [2.75, 3.05) is 11.9 Å². The molecule has 2 aromatic rings. The second kappa shape index (κ2) is 7.19. The van der Waals surface area contributed by atoms with Gasteiger partial charge in [0, 0.05) is 26.0 Å². The van der Waals surface area contributed by atoms with Crippen molar-refractivity contribution in [2.24, 2.45) is 5.92 Å². The molecule has 2 aromatic carbocycles. The van der Waals surface area contributed by atoms with E-state index in [2.05, 4.69) is 5.32 Å². The maximum atomic E-state index is 13.6. The highest BCUT2D eigenvalue weighted by Crippen LogP contribution is 2.49. The van der Waals surface area contributed by atoms with Crippen molar-refractivity contribution in [1.29, 1.82) is 0 Å². The van der Waals surface area contributed by atoms with Crippen molar-refractivity contribution >= 4 is 29.1 Å². The SMILES string of the molecule is Cc1ccc2c(c1Oc1cc(F)ccc1Cl)N(C)C(=O)[C@H](NC(=O)[C@@H]1CC1(F)F)C2. The number of amides is 2. The van der Waals surface area contributed by atoms with E-state index in [1.807, 2.05) is 0 Å². The van der Waals surface area contributed by atoms with Gasteiger partial charge in [-0.2, -0.15) is 0 Å². The van der Waals surface area contributed by atoms with Crippen molar-refractivity contribution < 1.29 is 27.5 Å². The van der Waals surface area contributed by atoms with Gasteiger partial charge in [-0.1, -0.05) is 23.7 Å². The largest absolute Gasteiger partial charge is 0.453 e. The fourth-order valence-corrected chi connectivity index (χ4v) is 3.73. The maximum Gasteiger partial charge on any atom is 0.260 e. The summed E-state index contributed by atoms with van der Waals surface area (Å²) < 4.78 is 45.8. The second-order valence-corrected chi connectivity index (χ2v) is 7.98. The number of hydrogen-bond acceptors (Lipinski definition) is 3. The highest BCUT2D eigenvalue weighted by atomic mass is 35.5. The Hall–Kier alpha value is -2.74. The molecule has 2 aliphatic rings. The highest BCUT2D eigenvalue weighted by molar-refractivity contribution is 6.32. The van der Waals surface area contributed by atoms with E-state index in [1.165, 1.54) is 24.1 Å². The zero-order valence-corrected chi connectivity index (χ0v) is 16.9. The van der Waals surface area contributed by atoms with E-state index in [0.717, 1.165) is 6.07 Å². The summed E-state index contributed by atoms with van der Waals surface area (Å²) in [6.07, 6.45) is -0.381. The van der Waals surface area contributed by atoms with Gasteiger partial charge < -0.3 is 15.0 Å². The molecule has 2 amide bonds. The van der Waals surface area contributed by atoms with Crippen LogP contribution in [0.2, 0.25) is 5.02 Å². The normalized spacial score (nSPS) is 21.8. The van der Waals surface area contributed by atoms with Gasteiger partial charge >= 0.3 is 0 Å². The van der Waals surface area contributed by atoms with E-state index in [1.54, 1.807) is 19.1 Å². The van der Waals surface area contributed by atoms with Gasteiger partial charge in [-0.15, -0.1) is 0 Å². The fraction of sp³-hybridized carbons (Fsp3) is 0.333. The van der Waals surface area contributed by atoms with Gasteiger partial charge in [0.1, 0.15) is 23.5 Å². The lowest BCUT2D eigenvalue weighted by molar-refractivity contribution is -0.129. The van der Waals surface area contributed by atoms with Gasteiger partial charge in [0.25, 0.3) is 5.92 Å². The zero-order valence-electron chi connectivity index (χ0n) is 16.1. The first-order valence-electron chi connectivity index (χ1n) is 9.29. The average Bonchev–Trinajstić information content (AvgIpc) is 3.33. The van der Waals surface area contributed by atoms with Crippen molar-refractivity contribution in [3.05, 3.63) is 52.3 Å². The van der Waals surface area contributed by atoms with Crippen LogP contribution in [0.1, 0.15) is 17.5 Å². The van der Waals surface area contributed by atoms with Gasteiger partial charge in [0.05, 0.1) is 10.7 Å². The summed E-state index contributed by atoms with van der Waals surface area (Å²) in [5.74, 6) is -5.78. The number of rotatable bonds is 4. The molecule has 0 saturated heterocycles. The number of hydrogen-bond donors (Lipinski definition) is 1. The molecular weight excluding hydrogens is 421 g/mol. The quantitative estimate of drug-likeness (QED) is 0.776. The number of fused-ring (bicyclic) bond motifs is 1. The van der Waals surface area contributed by atoms with E-state index in [4.69, 9.17) is 16.3 Å². The molecule has 1 N–H and O–H groups in total. The molecule has 0 bridgehead atoms. The molecule has 1 fully saturated rings. The Labute approximate surface area is 175 Å². The van der Waals surface area contributed by atoms with E-state index in [0.29, 0.717) is 22.6 Å². The number of halogens is 4. The monoisotopic (exact) mass is 438 g/mol. The standard InChI is InChI=1S/C21H18ClF3N2O3/c1-10-3-4-11-7-15(26-19(28)13-9-21(13,24)25)20(29)27(2)17(11)18(10)30-16-8-12(23)5-6-14(16)22/h3-6,8,13,15H,7,9H2,1-2H3,(H,26,28)/t13-,15+/m0/s1. The summed E-state index contributed by atoms with van der Waals surface area (Å²) in [6.45, 7) is 1.77. The molecule has 0 unspecified atom stereocenters. The summed E-state index contributed by atoms with van der Waals surface area (Å²) >= 11 is 6.10. The van der Waals surface area contributed by atoms with E-state index in [-0.39, 0.29) is 17.2 Å². The molecule has 158 valence electrons. The maximum absolute atomic E-state index is 13.6. The summed E-state index contributed by atoms with van der Waals surface area (Å²) in [5, 5.41) is 2.64. The smallest absolute Gasteiger partial charge is 0.260 e. The van der Waals surface area contributed by atoms with Gasteiger partial charge in [0.2, 0.25) is 11.8 Å². The van der Waals surface area contributed by atoms with Gasteiger partial charge in [-0.3, -0.25) is 9.59 Å². The van der Waals surface area contributed by atoms with Crippen LogP contribution in [0, 0.1) is 18.7 Å². The third-order valence-corrected chi connectivity index (χ3v) is 5.68. The van der Waals surface area contributed by atoms with Gasteiger partial charge in [-0.25, -0.2) is 13.2 Å². The molecule has 5 nitrogen and oxygen atoms in total. The van der Waals surface area contributed by atoms with Gasteiger partial charge in [0.15, 0.2) is 5.75 Å². The molecule has 0 radical (unpaired) electrons. The molecule has 1 heterocycles. The molecule has 1 aliphatic carbocycles. The first-order chi connectivity index (χ1) is 14.1. The molecule has 2 atom stereocenters. The number of alkyl halides is 2. The number of carbonyl (C=O) groups excluding carboxylic acids is 2. The van der Waals surface area contributed by atoms with Crippen molar-refractivity contribution in [3.8, 4) is 11.5 Å². The lowest BCUT2D eigenvalue weighted by atomic mass is 9.95. The number of nitrogens with zero attached hydrogens (tertiary/aromatic N) is 1. The predicted molar refractivity (Wildman–Crippen MR) is 105 cm³/mol. The van der Waals surface area contributed by atoms with Crippen LogP contribution >= 0.6 is 11.6 Å². The van der Waals surface area contributed by atoms with Crippen molar-refractivity contribution in [2.45, 2.75) is 31.7 Å². The van der Waals surface area contributed by atoms with Crippen LogP contribution < -0.4 is 15.0 Å². The third-order valence-electron chi connectivity index (χ3n) is 5.36. The van der Waals surface area contributed by atoms with Crippen LogP contribution in [-0.4, -0.2) is 30.8 Å². The predicted octanol–water partition coefficient (Wildman–Crippen LogP) is 4.24. The lowest BCUT2D eigenvalue weighted by Gasteiger charge is -2.33. The number of benzene rings is 2. The van der Waals surface area contributed by atoms with Crippen molar-refractivity contribution in [1.82, 2.24) is 5.32 Å². The summed E-state index contributed by atoms with van der Waals surface area (Å²) in [7, 11) is 1.50. The number of likely N-dealkylation sites (N-methyl/N-ethyl adjacent to an activating group) is 1. The summed E-state index contributed by atoms with van der Waals surface area (Å²) in [4.78, 5) is 26.2. The first-order valence-corrected chi connectivity index (χ1v) is 9.67. The van der Waals surface area contributed by atoms with Crippen molar-refractivity contribution in [3.63, 3.8) is 0 Å². The first kappa shape index (κ1) is 20.5. The minimum absolute atomic E-state index is 0.0976. The third kappa shape index (κ3) is 3.60. The number of carbonyl (C=O) groups is 2. The molecule has 1 aliphatic heterocycles. The van der Waals surface area contributed by atoms with E-state index in [9.17, 15) is 22.8 Å². The molecule has 9 heteroatoms. The number of ether oxygens (including phenoxy) is 1. The zero-order chi connectivity index (χ0) is 21.8. The molecule has 0 aromatic heterocycles. The number of anilines is 1. The van der Waals surface area contributed by atoms with Crippen LogP contribution in [-0.2, 0) is 16.0 Å². The molecule has 0 spiro atoms. The Bertz CT molecular complexity index is 1060. The number of aryl methyl sites for hydroxylation is 1. The summed E-state index contributed by atoms with van der Waals surface area (Å²) in [6, 6.07) is 6.29.